The number of ether oxygens (including phenoxy) is 2. The van der Waals surface area contributed by atoms with Crippen molar-refractivity contribution in [2.75, 3.05) is 13.2 Å². The number of benzene rings is 1. The Bertz CT molecular complexity index is 682. The van der Waals surface area contributed by atoms with Crippen molar-refractivity contribution in [2.45, 2.75) is 18.9 Å². The molecule has 1 aliphatic rings. The molecule has 20 heavy (non-hydrogen) atoms. The maximum atomic E-state index is 12.2. The molecule has 0 radical (unpaired) electrons. The molecule has 5 heteroatoms. The number of fused-ring (bicyclic) bond motifs is 1. The fourth-order valence-corrected chi connectivity index (χ4v) is 2.32. The van der Waals surface area contributed by atoms with Crippen LogP contribution in [-0.4, -0.2) is 25.6 Å². The van der Waals surface area contributed by atoms with Gasteiger partial charge in [-0.1, -0.05) is 6.07 Å². The molecule has 1 unspecified atom stereocenters. The van der Waals surface area contributed by atoms with Gasteiger partial charge in [-0.25, -0.2) is 0 Å². The molecule has 1 saturated heterocycles. The molecule has 1 atom stereocenters. The standard InChI is InChI=1S/C15H14O5/c16-7-10-8-19-12-4-1-5-13(14(12)15(10)17)20-9-11-3-2-6-18-11/h1,4-5,7-8,11H,2-3,6,9H2. The van der Waals surface area contributed by atoms with Crippen molar-refractivity contribution in [3.8, 4) is 5.75 Å². The van der Waals surface area contributed by atoms with Crippen molar-refractivity contribution < 1.29 is 18.7 Å². The molecule has 1 fully saturated rings. The molecule has 5 nitrogen and oxygen atoms in total. The first kappa shape index (κ1) is 12.9. The van der Waals surface area contributed by atoms with E-state index in [0.717, 1.165) is 19.4 Å². The smallest absolute Gasteiger partial charge is 0.206 e. The van der Waals surface area contributed by atoms with Crippen LogP contribution in [0, 0.1) is 0 Å². The highest BCUT2D eigenvalue weighted by molar-refractivity contribution is 5.88. The number of rotatable bonds is 4. The van der Waals surface area contributed by atoms with Crippen LogP contribution in [0.5, 0.6) is 5.75 Å². The minimum Gasteiger partial charge on any atom is -0.490 e. The molecular weight excluding hydrogens is 260 g/mol. The maximum absolute atomic E-state index is 12.2. The Morgan fingerprint density at radius 2 is 2.30 bits per heavy atom. The van der Waals surface area contributed by atoms with Crippen LogP contribution in [0.1, 0.15) is 23.2 Å². The van der Waals surface area contributed by atoms with E-state index in [1.807, 2.05) is 0 Å². The summed E-state index contributed by atoms with van der Waals surface area (Å²) in [5.74, 6) is 0.426. The van der Waals surface area contributed by atoms with Crippen LogP contribution in [0.4, 0.5) is 0 Å². The normalized spacial score (nSPS) is 18.3. The molecule has 3 rings (SSSR count). The third-order valence-electron chi connectivity index (χ3n) is 3.37. The fourth-order valence-electron chi connectivity index (χ4n) is 2.32. The lowest BCUT2D eigenvalue weighted by atomic mass is 10.1. The van der Waals surface area contributed by atoms with Gasteiger partial charge in [-0.05, 0) is 25.0 Å². The Kier molecular flexibility index (Phi) is 3.52. The van der Waals surface area contributed by atoms with Crippen LogP contribution in [-0.2, 0) is 4.74 Å². The number of hydrogen-bond acceptors (Lipinski definition) is 5. The molecule has 1 aromatic carbocycles. The van der Waals surface area contributed by atoms with Crippen molar-refractivity contribution in [3.05, 3.63) is 40.2 Å². The summed E-state index contributed by atoms with van der Waals surface area (Å²) in [6, 6.07) is 5.11. The number of carbonyl (C=O) groups excluding carboxylic acids is 1. The molecule has 2 heterocycles. The lowest BCUT2D eigenvalue weighted by Crippen LogP contribution is -2.17. The summed E-state index contributed by atoms with van der Waals surface area (Å²) in [6.07, 6.45) is 3.70. The summed E-state index contributed by atoms with van der Waals surface area (Å²) in [5.41, 5.74) is 0.0281. The van der Waals surface area contributed by atoms with Gasteiger partial charge < -0.3 is 13.9 Å². The van der Waals surface area contributed by atoms with Gasteiger partial charge in [0.05, 0.1) is 11.7 Å². The van der Waals surface area contributed by atoms with Crippen LogP contribution in [0.15, 0.2) is 33.7 Å². The van der Waals surface area contributed by atoms with Gasteiger partial charge in [-0.3, -0.25) is 9.59 Å². The van der Waals surface area contributed by atoms with Crippen molar-refractivity contribution in [1.82, 2.24) is 0 Å². The average molecular weight is 274 g/mol. The van der Waals surface area contributed by atoms with E-state index in [2.05, 4.69) is 0 Å². The highest BCUT2D eigenvalue weighted by Crippen LogP contribution is 2.24. The first-order valence-corrected chi connectivity index (χ1v) is 6.53. The van der Waals surface area contributed by atoms with Gasteiger partial charge in [0.15, 0.2) is 6.29 Å². The van der Waals surface area contributed by atoms with Gasteiger partial charge in [0.2, 0.25) is 5.43 Å². The highest BCUT2D eigenvalue weighted by atomic mass is 16.5. The first-order chi connectivity index (χ1) is 9.79. The largest absolute Gasteiger partial charge is 0.490 e. The second-order valence-corrected chi connectivity index (χ2v) is 4.71. The van der Waals surface area contributed by atoms with Crippen molar-refractivity contribution in [2.24, 2.45) is 0 Å². The number of hydrogen-bond donors (Lipinski definition) is 0. The summed E-state index contributed by atoms with van der Waals surface area (Å²) < 4.78 is 16.4. The molecule has 1 aliphatic heterocycles. The fraction of sp³-hybridized carbons (Fsp3) is 0.333. The van der Waals surface area contributed by atoms with Crippen molar-refractivity contribution in [1.29, 1.82) is 0 Å². The number of carbonyl (C=O) groups is 1. The van der Waals surface area contributed by atoms with Gasteiger partial charge in [0, 0.05) is 6.61 Å². The van der Waals surface area contributed by atoms with E-state index in [0.29, 0.717) is 29.6 Å². The third kappa shape index (κ3) is 2.32. The summed E-state index contributed by atoms with van der Waals surface area (Å²) in [7, 11) is 0. The van der Waals surface area contributed by atoms with Gasteiger partial charge >= 0.3 is 0 Å². The van der Waals surface area contributed by atoms with E-state index in [1.165, 1.54) is 6.26 Å². The average Bonchev–Trinajstić information content (AvgIpc) is 2.99. The topological polar surface area (TPSA) is 65.7 Å². The van der Waals surface area contributed by atoms with E-state index >= 15 is 0 Å². The lowest BCUT2D eigenvalue weighted by Gasteiger charge is -2.12. The van der Waals surface area contributed by atoms with Crippen molar-refractivity contribution in [3.63, 3.8) is 0 Å². The monoisotopic (exact) mass is 274 g/mol. The molecule has 0 aliphatic carbocycles. The summed E-state index contributed by atoms with van der Waals surface area (Å²) in [6.45, 7) is 1.14. The minimum atomic E-state index is -0.371. The number of aldehydes is 1. The molecule has 104 valence electrons. The predicted octanol–water partition coefficient (Wildman–Crippen LogP) is 2.16. The van der Waals surface area contributed by atoms with E-state index in [9.17, 15) is 9.59 Å². The van der Waals surface area contributed by atoms with Crippen LogP contribution < -0.4 is 10.2 Å². The van der Waals surface area contributed by atoms with E-state index < -0.39 is 0 Å². The molecular formula is C15H14O5. The zero-order valence-corrected chi connectivity index (χ0v) is 10.8. The van der Waals surface area contributed by atoms with Gasteiger partial charge in [-0.15, -0.1) is 0 Å². The summed E-state index contributed by atoms with van der Waals surface area (Å²) >= 11 is 0. The summed E-state index contributed by atoms with van der Waals surface area (Å²) in [4.78, 5) is 23.0. The molecule has 1 aromatic heterocycles. The van der Waals surface area contributed by atoms with Crippen LogP contribution in [0.3, 0.4) is 0 Å². The lowest BCUT2D eigenvalue weighted by molar-refractivity contribution is 0.0684. The highest BCUT2D eigenvalue weighted by Gasteiger charge is 2.18. The Labute approximate surface area is 115 Å². The van der Waals surface area contributed by atoms with Gasteiger partial charge in [-0.2, -0.15) is 0 Å². The zero-order valence-electron chi connectivity index (χ0n) is 10.8. The van der Waals surface area contributed by atoms with Crippen LogP contribution in [0.2, 0.25) is 0 Å². The SMILES string of the molecule is O=Cc1coc2cccc(OCC3CCCO3)c2c1=O. The van der Waals surface area contributed by atoms with Crippen LogP contribution >= 0.6 is 0 Å². The quantitative estimate of drug-likeness (QED) is 0.799. The van der Waals surface area contributed by atoms with E-state index in [-0.39, 0.29) is 17.1 Å². The van der Waals surface area contributed by atoms with Gasteiger partial charge in [0.1, 0.15) is 29.6 Å². The van der Waals surface area contributed by atoms with E-state index in [1.54, 1.807) is 18.2 Å². The molecule has 0 spiro atoms. The first-order valence-electron chi connectivity index (χ1n) is 6.53. The second-order valence-electron chi connectivity index (χ2n) is 4.71. The predicted molar refractivity (Wildman–Crippen MR) is 72.3 cm³/mol. The van der Waals surface area contributed by atoms with E-state index in [4.69, 9.17) is 13.9 Å². The molecule has 0 N–H and O–H groups in total. The van der Waals surface area contributed by atoms with Crippen molar-refractivity contribution >= 4 is 17.3 Å². The van der Waals surface area contributed by atoms with Gasteiger partial charge in [0.25, 0.3) is 0 Å². The molecule has 0 bridgehead atoms. The minimum absolute atomic E-state index is 0.00864. The molecule has 0 amide bonds. The van der Waals surface area contributed by atoms with Crippen LogP contribution in [0.25, 0.3) is 11.0 Å². The third-order valence-corrected chi connectivity index (χ3v) is 3.37. The molecule has 2 aromatic rings. The maximum Gasteiger partial charge on any atom is 0.206 e. The molecule has 0 saturated carbocycles. The second kappa shape index (κ2) is 5.46. The Morgan fingerprint density at radius 1 is 1.40 bits per heavy atom. The Morgan fingerprint density at radius 3 is 3.05 bits per heavy atom. The zero-order chi connectivity index (χ0) is 13.9. The summed E-state index contributed by atoms with van der Waals surface area (Å²) in [5, 5.41) is 0.301. The Balaban J connectivity index is 1.96. The Hall–Kier alpha value is -2.14.